The molecule has 0 spiro atoms. The van der Waals surface area contributed by atoms with E-state index in [1.165, 1.54) is 12.1 Å². The van der Waals surface area contributed by atoms with Crippen molar-refractivity contribution in [2.24, 2.45) is 0 Å². The molecule has 1 aromatic heterocycles. The van der Waals surface area contributed by atoms with Gasteiger partial charge in [-0.05, 0) is 35.4 Å². The second-order valence-electron chi connectivity index (χ2n) is 4.24. The molecule has 3 heteroatoms. The van der Waals surface area contributed by atoms with Crippen LogP contribution in [-0.4, -0.2) is 10.1 Å². The van der Waals surface area contributed by atoms with Crippen molar-refractivity contribution >= 4 is 10.9 Å². The lowest BCUT2D eigenvalue weighted by atomic mass is 9.98. The van der Waals surface area contributed by atoms with Crippen LogP contribution in [0.2, 0.25) is 0 Å². The first-order valence-corrected chi connectivity index (χ1v) is 5.75. The van der Waals surface area contributed by atoms with Crippen molar-refractivity contribution in [3.05, 3.63) is 71.7 Å². The van der Waals surface area contributed by atoms with Crippen LogP contribution in [-0.2, 0) is 0 Å². The smallest absolute Gasteiger partial charge is 0.123 e. The van der Waals surface area contributed by atoms with Gasteiger partial charge in [0, 0.05) is 17.1 Å². The molecule has 1 heterocycles. The van der Waals surface area contributed by atoms with Gasteiger partial charge in [0.25, 0.3) is 0 Å². The van der Waals surface area contributed by atoms with Gasteiger partial charge in [0.2, 0.25) is 0 Å². The molecule has 1 unspecified atom stereocenters. The maximum Gasteiger partial charge on any atom is 0.123 e. The molecule has 2 aromatic carbocycles. The predicted octanol–water partition coefficient (Wildman–Crippen LogP) is 3.39. The van der Waals surface area contributed by atoms with E-state index < -0.39 is 6.10 Å². The van der Waals surface area contributed by atoms with Crippen molar-refractivity contribution in [1.29, 1.82) is 0 Å². The summed E-state index contributed by atoms with van der Waals surface area (Å²) in [4.78, 5) is 3.10. The highest BCUT2D eigenvalue weighted by atomic mass is 19.1. The zero-order chi connectivity index (χ0) is 12.5. The molecular weight excluding hydrogens is 229 g/mol. The summed E-state index contributed by atoms with van der Waals surface area (Å²) in [5.74, 6) is -0.300. The van der Waals surface area contributed by atoms with E-state index in [4.69, 9.17) is 0 Å². The molecule has 2 nitrogen and oxygen atoms in total. The van der Waals surface area contributed by atoms with Crippen molar-refractivity contribution in [1.82, 2.24) is 4.98 Å². The van der Waals surface area contributed by atoms with Crippen LogP contribution in [0.3, 0.4) is 0 Å². The fourth-order valence-corrected chi connectivity index (χ4v) is 2.17. The van der Waals surface area contributed by atoms with Crippen LogP contribution in [0.15, 0.2) is 54.7 Å². The van der Waals surface area contributed by atoms with E-state index in [9.17, 15) is 9.50 Å². The second-order valence-corrected chi connectivity index (χ2v) is 4.24. The van der Waals surface area contributed by atoms with Gasteiger partial charge < -0.3 is 10.1 Å². The maximum absolute atomic E-state index is 12.9. The number of rotatable bonds is 2. The number of benzene rings is 2. The molecule has 0 aliphatic carbocycles. The number of fused-ring (bicyclic) bond motifs is 1. The van der Waals surface area contributed by atoms with E-state index in [1.807, 2.05) is 30.5 Å². The lowest BCUT2D eigenvalue weighted by molar-refractivity contribution is 0.222. The van der Waals surface area contributed by atoms with E-state index in [1.54, 1.807) is 12.1 Å². The quantitative estimate of drug-likeness (QED) is 0.708. The third kappa shape index (κ3) is 1.79. The Kier molecular flexibility index (Phi) is 2.61. The Morgan fingerprint density at radius 3 is 2.56 bits per heavy atom. The lowest BCUT2D eigenvalue weighted by Gasteiger charge is -2.12. The van der Waals surface area contributed by atoms with Gasteiger partial charge in [-0.15, -0.1) is 0 Å². The highest BCUT2D eigenvalue weighted by Gasteiger charge is 2.13. The van der Waals surface area contributed by atoms with Gasteiger partial charge >= 0.3 is 0 Å². The van der Waals surface area contributed by atoms with Gasteiger partial charge in [-0.2, -0.15) is 0 Å². The van der Waals surface area contributed by atoms with Crippen molar-refractivity contribution in [3.63, 3.8) is 0 Å². The normalized spacial score (nSPS) is 12.8. The zero-order valence-corrected chi connectivity index (χ0v) is 9.60. The van der Waals surface area contributed by atoms with Crippen LogP contribution in [0.4, 0.5) is 4.39 Å². The number of aromatic nitrogens is 1. The molecule has 0 radical (unpaired) electrons. The number of aromatic amines is 1. The highest BCUT2D eigenvalue weighted by molar-refractivity contribution is 5.83. The summed E-state index contributed by atoms with van der Waals surface area (Å²) in [6.07, 6.45) is 1.09. The Morgan fingerprint density at radius 1 is 1.00 bits per heavy atom. The van der Waals surface area contributed by atoms with E-state index in [-0.39, 0.29) is 5.82 Å². The third-order valence-electron chi connectivity index (χ3n) is 3.11. The summed E-state index contributed by atoms with van der Waals surface area (Å²) in [6, 6.07) is 13.6. The molecule has 0 fully saturated rings. The van der Waals surface area contributed by atoms with E-state index in [2.05, 4.69) is 4.98 Å². The number of aliphatic hydroxyl groups is 1. The number of nitrogens with one attached hydrogen (secondary N) is 1. The summed E-state index contributed by atoms with van der Waals surface area (Å²) < 4.78 is 12.9. The third-order valence-corrected chi connectivity index (χ3v) is 3.11. The molecule has 0 aliphatic heterocycles. The van der Waals surface area contributed by atoms with Gasteiger partial charge in [0.1, 0.15) is 11.9 Å². The van der Waals surface area contributed by atoms with Crippen LogP contribution in [0.25, 0.3) is 10.9 Å². The number of H-pyrrole nitrogens is 1. The summed E-state index contributed by atoms with van der Waals surface area (Å²) in [7, 11) is 0. The standard InChI is InChI=1S/C15H12FNO/c16-11-6-4-10(5-7-11)15(18)13-2-1-3-14-12(13)8-9-17-14/h1-9,15,17-18H. The summed E-state index contributed by atoms with van der Waals surface area (Å²) in [5, 5.41) is 11.3. The molecule has 0 aliphatic rings. The number of hydrogen-bond donors (Lipinski definition) is 2. The van der Waals surface area contributed by atoms with Crippen molar-refractivity contribution < 1.29 is 9.50 Å². The fraction of sp³-hybridized carbons (Fsp3) is 0.0667. The first-order valence-electron chi connectivity index (χ1n) is 5.75. The van der Waals surface area contributed by atoms with Gasteiger partial charge in [-0.1, -0.05) is 24.3 Å². The molecule has 0 saturated carbocycles. The first kappa shape index (κ1) is 11.0. The van der Waals surface area contributed by atoms with E-state index in [0.717, 1.165) is 16.5 Å². The molecule has 0 saturated heterocycles. The minimum atomic E-state index is -0.745. The molecule has 18 heavy (non-hydrogen) atoms. The van der Waals surface area contributed by atoms with Gasteiger partial charge in [0.05, 0.1) is 0 Å². The van der Waals surface area contributed by atoms with Gasteiger partial charge in [0.15, 0.2) is 0 Å². The van der Waals surface area contributed by atoms with Crippen molar-refractivity contribution in [3.8, 4) is 0 Å². The molecule has 2 N–H and O–H groups in total. The fourth-order valence-electron chi connectivity index (χ4n) is 2.17. The highest BCUT2D eigenvalue weighted by Crippen LogP contribution is 2.28. The Hall–Kier alpha value is -2.13. The minimum absolute atomic E-state index is 0.300. The molecule has 3 rings (SSSR count). The predicted molar refractivity (Wildman–Crippen MR) is 68.8 cm³/mol. The van der Waals surface area contributed by atoms with Gasteiger partial charge in [-0.25, -0.2) is 4.39 Å². The van der Waals surface area contributed by atoms with Crippen LogP contribution >= 0.6 is 0 Å². The number of halogens is 1. The van der Waals surface area contributed by atoms with Crippen LogP contribution in [0.1, 0.15) is 17.2 Å². The Labute approximate surface area is 104 Å². The number of aliphatic hydroxyl groups excluding tert-OH is 1. The van der Waals surface area contributed by atoms with Crippen LogP contribution in [0, 0.1) is 5.82 Å². The summed E-state index contributed by atoms with van der Waals surface area (Å²) >= 11 is 0. The van der Waals surface area contributed by atoms with Crippen LogP contribution < -0.4 is 0 Å². The van der Waals surface area contributed by atoms with Crippen LogP contribution in [0.5, 0.6) is 0 Å². The topological polar surface area (TPSA) is 36.0 Å². The lowest BCUT2D eigenvalue weighted by Crippen LogP contribution is -2.00. The Bertz CT molecular complexity index is 672. The molecule has 0 bridgehead atoms. The average Bonchev–Trinajstić information content (AvgIpc) is 2.87. The van der Waals surface area contributed by atoms with Crippen molar-refractivity contribution in [2.45, 2.75) is 6.10 Å². The first-order chi connectivity index (χ1) is 8.75. The average molecular weight is 241 g/mol. The molecule has 90 valence electrons. The second kappa shape index (κ2) is 4.27. The molecule has 3 aromatic rings. The van der Waals surface area contributed by atoms with Crippen molar-refractivity contribution in [2.75, 3.05) is 0 Å². The minimum Gasteiger partial charge on any atom is -0.384 e. The molecular formula is C15H12FNO. The monoisotopic (exact) mass is 241 g/mol. The van der Waals surface area contributed by atoms with E-state index >= 15 is 0 Å². The Balaban J connectivity index is 2.08. The largest absolute Gasteiger partial charge is 0.384 e. The maximum atomic E-state index is 12.9. The van der Waals surface area contributed by atoms with E-state index in [0.29, 0.717) is 5.56 Å². The zero-order valence-electron chi connectivity index (χ0n) is 9.60. The number of hydrogen-bond acceptors (Lipinski definition) is 1. The summed E-state index contributed by atoms with van der Waals surface area (Å²) in [5.41, 5.74) is 2.49. The van der Waals surface area contributed by atoms with Gasteiger partial charge in [-0.3, -0.25) is 0 Å². The SMILES string of the molecule is OC(c1ccc(F)cc1)c1cccc2[nH]ccc12. The summed E-state index contributed by atoms with van der Waals surface area (Å²) in [6.45, 7) is 0. The Morgan fingerprint density at radius 2 is 1.78 bits per heavy atom. The molecule has 0 amide bonds. The molecule has 1 atom stereocenters.